The number of hydrogen-bond acceptors (Lipinski definition) is 2. The second-order valence-electron chi connectivity index (χ2n) is 30.3. The Morgan fingerprint density at radius 2 is 0.500 bits per heavy atom. The predicted molar refractivity (Wildman–Crippen MR) is 439 cm³/mol. The Bertz CT molecular complexity index is 5930. The number of hydrogen-bond donors (Lipinski definition) is 0. The van der Waals surface area contributed by atoms with Crippen LogP contribution in [0.5, 0.6) is 0 Å². The monoisotopic (exact) mass is 1350 g/mol. The molecule has 0 heterocycles. The van der Waals surface area contributed by atoms with Gasteiger partial charge in [0.2, 0.25) is 0 Å². The summed E-state index contributed by atoms with van der Waals surface area (Å²) in [6.45, 7) is 9.24. The van der Waals surface area contributed by atoms with Gasteiger partial charge in [-0.25, -0.2) is 0 Å². The number of fused-ring (bicyclic) bond motifs is 19. The molecule has 16 aromatic carbocycles. The van der Waals surface area contributed by atoms with Crippen molar-refractivity contribution in [3.63, 3.8) is 0 Å². The van der Waals surface area contributed by atoms with Crippen LogP contribution in [0, 0.1) is 13.8 Å². The molecule has 0 saturated heterocycles. The minimum Gasteiger partial charge on any atom is -0.310 e. The van der Waals surface area contributed by atoms with Gasteiger partial charge in [0.1, 0.15) is 0 Å². The second kappa shape index (κ2) is 23.3. The van der Waals surface area contributed by atoms with E-state index in [0.29, 0.717) is 0 Å². The standard InChI is InChI=1S/C104H74N2/c1-67-44-57-84-86-60-54-77(65-97(86)102(95(84)62-67,71-26-9-5-10-27-71)72-28-11-6-12-29-72)105(78-55-61-87-85-58-45-68(2)63-96(85)103(98(87)66-78,73-30-13-7-14-31-73)74-32-15-8-16-33-74)75-50-46-69(47-51-75)70-48-52-76(53-49-70)106(79-56-59-83-80-34-17-21-38-89(80)101(3,4)94(83)64-79)99-43-25-42-93-100(99)88-37-20-24-41-92(88)104(93)90-39-22-18-35-81(90)82-36-19-23-40-91(82)104/h5-66H,1-4H3. The van der Waals surface area contributed by atoms with Gasteiger partial charge in [-0.2, -0.15) is 0 Å². The van der Waals surface area contributed by atoms with Gasteiger partial charge in [-0.05, 0) is 220 Å². The Balaban J connectivity index is 0.738. The third-order valence-corrected chi connectivity index (χ3v) is 24.5. The first kappa shape index (κ1) is 61.8. The quantitative estimate of drug-likeness (QED) is 0.127. The lowest BCUT2D eigenvalue weighted by atomic mass is 9.67. The minimum absolute atomic E-state index is 0.202. The van der Waals surface area contributed by atoms with E-state index in [2.05, 4.69) is 414 Å². The van der Waals surface area contributed by atoms with Gasteiger partial charge in [-0.15, -0.1) is 0 Å². The maximum Gasteiger partial charge on any atom is 0.0726 e. The molecule has 16 aromatic rings. The highest BCUT2D eigenvalue weighted by Crippen LogP contribution is 2.66. The second-order valence-corrected chi connectivity index (χ2v) is 30.3. The number of nitrogens with zero attached hydrogens (tertiary/aromatic N) is 2. The molecule has 2 nitrogen and oxygen atoms in total. The zero-order valence-corrected chi connectivity index (χ0v) is 59.7. The van der Waals surface area contributed by atoms with Crippen LogP contribution in [0.1, 0.15) is 103 Å². The van der Waals surface area contributed by atoms with Crippen molar-refractivity contribution >= 4 is 34.1 Å². The first-order valence-electron chi connectivity index (χ1n) is 37.4. The molecule has 0 N–H and O–H groups in total. The summed E-state index contributed by atoms with van der Waals surface area (Å²) >= 11 is 0. The van der Waals surface area contributed by atoms with Crippen molar-refractivity contribution in [3.8, 4) is 66.8 Å². The molecule has 0 radical (unpaired) electrons. The zero-order chi connectivity index (χ0) is 70.6. The van der Waals surface area contributed by atoms with Gasteiger partial charge in [0.15, 0.2) is 0 Å². The van der Waals surface area contributed by atoms with Crippen LogP contribution in [0.3, 0.4) is 0 Å². The third-order valence-electron chi connectivity index (χ3n) is 24.5. The molecular weight excluding hydrogens is 1280 g/mol. The Morgan fingerprint density at radius 1 is 0.198 bits per heavy atom. The van der Waals surface area contributed by atoms with Crippen LogP contribution in [0.25, 0.3) is 66.8 Å². The van der Waals surface area contributed by atoms with Gasteiger partial charge in [0.05, 0.1) is 21.9 Å². The van der Waals surface area contributed by atoms with E-state index in [-0.39, 0.29) is 5.41 Å². The van der Waals surface area contributed by atoms with E-state index in [0.717, 1.165) is 45.3 Å². The molecule has 21 rings (SSSR count). The summed E-state index contributed by atoms with van der Waals surface area (Å²) < 4.78 is 0. The smallest absolute Gasteiger partial charge is 0.0726 e. The van der Waals surface area contributed by atoms with Crippen molar-refractivity contribution in [1.29, 1.82) is 0 Å². The summed E-state index contributed by atoms with van der Waals surface area (Å²) in [7, 11) is 0. The van der Waals surface area contributed by atoms with Crippen LogP contribution < -0.4 is 9.80 Å². The molecule has 0 fully saturated rings. The van der Waals surface area contributed by atoms with Crippen LogP contribution in [-0.2, 0) is 21.7 Å². The van der Waals surface area contributed by atoms with E-state index in [1.54, 1.807) is 0 Å². The lowest BCUT2D eigenvalue weighted by Crippen LogP contribution is -2.29. The topological polar surface area (TPSA) is 6.48 Å². The van der Waals surface area contributed by atoms with Gasteiger partial charge >= 0.3 is 0 Å². The van der Waals surface area contributed by atoms with Crippen molar-refractivity contribution in [1.82, 2.24) is 0 Å². The Labute approximate surface area is 621 Å². The largest absolute Gasteiger partial charge is 0.310 e. The number of aryl methyl sites for hydroxylation is 2. The Morgan fingerprint density at radius 3 is 0.943 bits per heavy atom. The average molecular weight is 1350 g/mol. The van der Waals surface area contributed by atoms with Crippen LogP contribution in [0.4, 0.5) is 34.1 Å². The molecule has 0 aromatic heterocycles. The van der Waals surface area contributed by atoms with Crippen molar-refractivity contribution < 1.29 is 0 Å². The van der Waals surface area contributed by atoms with Crippen LogP contribution in [-0.4, -0.2) is 0 Å². The molecule has 5 aliphatic carbocycles. The average Bonchev–Trinajstić information content (AvgIpc) is 1.51. The molecule has 0 saturated carbocycles. The van der Waals surface area contributed by atoms with Crippen molar-refractivity contribution in [2.45, 2.75) is 49.4 Å². The summed E-state index contributed by atoms with van der Waals surface area (Å²) in [5.41, 5.74) is 40.3. The fraction of sp³-hybridized carbons (Fsp3) is 0.0769. The van der Waals surface area contributed by atoms with Crippen LogP contribution >= 0.6 is 0 Å². The predicted octanol–water partition coefficient (Wildman–Crippen LogP) is 26.3. The highest BCUT2D eigenvalue weighted by molar-refractivity contribution is 6.02. The summed E-state index contributed by atoms with van der Waals surface area (Å²) in [5, 5.41) is 0. The van der Waals surface area contributed by atoms with Gasteiger partial charge < -0.3 is 9.80 Å². The summed E-state index contributed by atoms with van der Waals surface area (Å²) in [5.74, 6) is 0. The normalized spacial score (nSPS) is 14.5. The zero-order valence-electron chi connectivity index (χ0n) is 59.7. The van der Waals surface area contributed by atoms with Crippen molar-refractivity contribution in [2.75, 3.05) is 9.80 Å². The molecule has 2 heteroatoms. The van der Waals surface area contributed by atoms with Crippen molar-refractivity contribution in [3.05, 3.63) is 465 Å². The maximum atomic E-state index is 2.55. The molecule has 0 aliphatic heterocycles. The molecule has 500 valence electrons. The van der Waals surface area contributed by atoms with Gasteiger partial charge in [-0.3, -0.25) is 0 Å². The molecule has 0 amide bonds. The van der Waals surface area contributed by atoms with E-state index < -0.39 is 16.2 Å². The van der Waals surface area contributed by atoms with Crippen LogP contribution in [0.2, 0.25) is 0 Å². The number of benzene rings is 16. The maximum absolute atomic E-state index is 2.55. The first-order chi connectivity index (χ1) is 52.1. The fourth-order valence-electron chi connectivity index (χ4n) is 20.1. The Kier molecular flexibility index (Phi) is 13.6. The lowest BCUT2D eigenvalue weighted by molar-refractivity contribution is 0.660. The van der Waals surface area contributed by atoms with E-state index in [4.69, 9.17) is 0 Å². The Hall–Kier alpha value is -12.9. The summed E-state index contributed by atoms with van der Waals surface area (Å²) in [6.07, 6.45) is 0. The molecule has 106 heavy (non-hydrogen) atoms. The van der Waals surface area contributed by atoms with E-state index >= 15 is 0 Å². The minimum atomic E-state index is -0.607. The molecule has 1 spiro atoms. The van der Waals surface area contributed by atoms with Crippen molar-refractivity contribution in [2.24, 2.45) is 0 Å². The molecule has 0 unspecified atom stereocenters. The summed E-state index contributed by atoms with van der Waals surface area (Å²) in [4.78, 5) is 5.07. The molecular formula is C104H74N2. The SMILES string of the molecule is Cc1ccc2c(c1)C(c1ccccc1)(c1ccccc1)c1cc(N(c3ccc(-c4ccc(N(c5ccc6c(c5)C(C)(C)c5ccccc5-6)c5cccc6c5-c5ccccc5C65c6ccccc6-c6ccccc65)cc4)cc3)c3ccc4c(c3)C(c3ccccc3)(c3ccccc3)c3cc(C)ccc3-4)ccc1-2. The molecule has 0 atom stereocenters. The van der Waals surface area contributed by atoms with Gasteiger partial charge in [0.25, 0.3) is 0 Å². The summed E-state index contributed by atoms with van der Waals surface area (Å²) in [6, 6.07) is 143. The first-order valence-corrected chi connectivity index (χ1v) is 37.4. The highest BCUT2D eigenvalue weighted by Gasteiger charge is 2.53. The number of anilines is 6. The molecule has 0 bridgehead atoms. The molecule has 5 aliphatic rings. The third kappa shape index (κ3) is 8.55. The highest BCUT2D eigenvalue weighted by atomic mass is 15.2. The lowest BCUT2D eigenvalue weighted by Gasteiger charge is -2.36. The number of rotatable bonds is 11. The van der Waals surface area contributed by atoms with E-state index in [9.17, 15) is 0 Å². The van der Waals surface area contributed by atoms with Gasteiger partial charge in [-0.1, -0.05) is 334 Å². The van der Waals surface area contributed by atoms with E-state index in [1.165, 1.54) is 145 Å². The fourth-order valence-corrected chi connectivity index (χ4v) is 20.1. The van der Waals surface area contributed by atoms with E-state index in [1.807, 2.05) is 0 Å². The van der Waals surface area contributed by atoms with Crippen LogP contribution in [0.15, 0.2) is 376 Å². The van der Waals surface area contributed by atoms with Gasteiger partial charge in [0, 0.05) is 39.4 Å².